The van der Waals surface area contributed by atoms with Crippen LogP contribution in [0.3, 0.4) is 0 Å². The molecule has 0 aliphatic heterocycles. The van der Waals surface area contributed by atoms with E-state index >= 15 is 0 Å². The van der Waals surface area contributed by atoms with Crippen molar-refractivity contribution in [2.45, 2.75) is 19.5 Å². The molecule has 0 saturated carbocycles. The first-order valence-electron chi connectivity index (χ1n) is 1.49. The number of hydrogen-bond acceptors (Lipinski definition) is 0. The molecule has 0 bridgehead atoms. The van der Waals surface area contributed by atoms with E-state index in [1.807, 2.05) is 0 Å². The summed E-state index contributed by atoms with van der Waals surface area (Å²) in [7, 11) is 2.66. The Morgan fingerprint density at radius 3 is 1.40 bits per heavy atom. The molecule has 0 aromatic heterocycles. The van der Waals surface area contributed by atoms with Crippen molar-refractivity contribution < 1.29 is 25.8 Å². The average molecular weight is 121 g/mol. The van der Waals surface area contributed by atoms with E-state index in [0.29, 0.717) is 0 Å². The molecule has 0 aliphatic rings. The van der Waals surface area contributed by atoms with Gasteiger partial charge in [-0.2, -0.15) is 0 Å². The quantitative estimate of drug-likeness (QED) is 0.423. The standard InChI is InChI=1S/C3H9P.Sc/c1-3(2)4;/h3H,4H2,1-2H3;. The van der Waals surface area contributed by atoms with Crippen LogP contribution >= 0.6 is 9.24 Å². The van der Waals surface area contributed by atoms with Crippen molar-refractivity contribution in [1.29, 1.82) is 0 Å². The van der Waals surface area contributed by atoms with Gasteiger partial charge in [-0.1, -0.05) is 13.8 Å². The zero-order valence-corrected chi connectivity index (χ0v) is 6.69. The topological polar surface area (TPSA) is 0 Å². The van der Waals surface area contributed by atoms with E-state index < -0.39 is 0 Å². The second-order valence-corrected chi connectivity index (χ2v) is 2.58. The Labute approximate surface area is 54.7 Å². The molecule has 1 radical (unpaired) electrons. The summed E-state index contributed by atoms with van der Waals surface area (Å²) in [5, 5.41) is 0. The molecular formula is C3H9PSc. The maximum absolute atomic E-state index is 2.66. The van der Waals surface area contributed by atoms with Crippen LogP contribution in [-0.2, 0) is 25.8 Å². The Morgan fingerprint density at radius 2 is 1.40 bits per heavy atom. The van der Waals surface area contributed by atoms with Gasteiger partial charge in [-0.15, -0.1) is 9.24 Å². The zero-order chi connectivity index (χ0) is 3.58. The van der Waals surface area contributed by atoms with Crippen molar-refractivity contribution >= 4 is 9.24 Å². The molecule has 0 saturated heterocycles. The minimum Gasteiger partial charge on any atom is -0.135 e. The van der Waals surface area contributed by atoms with Gasteiger partial charge in [-0.25, -0.2) is 0 Å². The second-order valence-electron chi connectivity index (χ2n) is 1.24. The minimum atomic E-state index is 0. The molecule has 0 amide bonds. The molecule has 0 spiro atoms. The third-order valence-electron chi connectivity index (χ3n) is 0. The summed E-state index contributed by atoms with van der Waals surface area (Å²) in [6.45, 7) is 4.26. The van der Waals surface area contributed by atoms with Crippen molar-refractivity contribution in [2.75, 3.05) is 0 Å². The van der Waals surface area contributed by atoms with Gasteiger partial charge in [0.15, 0.2) is 0 Å². The van der Waals surface area contributed by atoms with E-state index in [-0.39, 0.29) is 25.8 Å². The third-order valence-corrected chi connectivity index (χ3v) is 0. The fourth-order valence-electron chi connectivity index (χ4n) is 0. The van der Waals surface area contributed by atoms with E-state index in [4.69, 9.17) is 0 Å². The normalized spacial score (nSPS) is 7.20. The van der Waals surface area contributed by atoms with Crippen molar-refractivity contribution in [2.24, 2.45) is 0 Å². The maximum atomic E-state index is 2.66. The van der Waals surface area contributed by atoms with Crippen molar-refractivity contribution in [3.8, 4) is 0 Å². The largest absolute Gasteiger partial charge is 0.135 e. The SMILES string of the molecule is CC(C)P.[Sc]. The van der Waals surface area contributed by atoms with Crippen LogP contribution in [0.1, 0.15) is 13.8 Å². The summed E-state index contributed by atoms with van der Waals surface area (Å²) >= 11 is 0. The van der Waals surface area contributed by atoms with Crippen LogP contribution in [-0.4, -0.2) is 5.66 Å². The van der Waals surface area contributed by atoms with E-state index in [9.17, 15) is 0 Å². The summed E-state index contributed by atoms with van der Waals surface area (Å²) in [6, 6.07) is 0. The Kier molecular flexibility index (Phi) is 10.1. The molecule has 0 fully saturated rings. The first-order valence-corrected chi connectivity index (χ1v) is 2.15. The molecule has 2 heteroatoms. The molecule has 1 unspecified atom stereocenters. The molecule has 0 nitrogen and oxygen atoms in total. The van der Waals surface area contributed by atoms with E-state index in [1.165, 1.54) is 0 Å². The van der Waals surface area contributed by atoms with Gasteiger partial charge in [-0.3, -0.25) is 0 Å². The summed E-state index contributed by atoms with van der Waals surface area (Å²) in [6.07, 6.45) is 0. The zero-order valence-electron chi connectivity index (χ0n) is 3.73. The van der Waals surface area contributed by atoms with Gasteiger partial charge < -0.3 is 0 Å². The molecule has 1 atom stereocenters. The third kappa shape index (κ3) is 34.1. The van der Waals surface area contributed by atoms with Gasteiger partial charge in [0.05, 0.1) is 0 Å². The van der Waals surface area contributed by atoms with Crippen molar-refractivity contribution in [1.82, 2.24) is 0 Å². The first-order chi connectivity index (χ1) is 1.73. The van der Waals surface area contributed by atoms with E-state index in [0.717, 1.165) is 5.66 Å². The first kappa shape index (κ1) is 9.57. The Balaban J connectivity index is 0. The van der Waals surface area contributed by atoms with Gasteiger partial charge in [-0.05, 0) is 5.66 Å². The van der Waals surface area contributed by atoms with Crippen molar-refractivity contribution in [3.63, 3.8) is 0 Å². The monoisotopic (exact) mass is 121 g/mol. The van der Waals surface area contributed by atoms with Crippen LogP contribution in [0.25, 0.3) is 0 Å². The van der Waals surface area contributed by atoms with E-state index in [1.54, 1.807) is 0 Å². The molecule has 0 aromatic carbocycles. The fraction of sp³-hybridized carbons (Fsp3) is 1.00. The second kappa shape index (κ2) is 5.30. The minimum absolute atomic E-state index is 0. The predicted molar refractivity (Wildman–Crippen MR) is 24.8 cm³/mol. The predicted octanol–water partition coefficient (Wildman–Crippen LogP) is 1.27. The van der Waals surface area contributed by atoms with Crippen LogP contribution in [0, 0.1) is 0 Å². The Hall–Kier alpha value is 1.30. The average Bonchev–Trinajstić information content (AvgIpc) is 0.811. The van der Waals surface area contributed by atoms with Gasteiger partial charge in [0.2, 0.25) is 0 Å². The van der Waals surface area contributed by atoms with Gasteiger partial charge in [0, 0.05) is 25.8 Å². The summed E-state index contributed by atoms with van der Waals surface area (Å²) < 4.78 is 0. The molecule has 0 N–H and O–H groups in total. The molecule has 0 heterocycles. The van der Waals surface area contributed by atoms with Gasteiger partial charge >= 0.3 is 0 Å². The van der Waals surface area contributed by atoms with Crippen LogP contribution < -0.4 is 0 Å². The molecule has 29 valence electrons. The van der Waals surface area contributed by atoms with Crippen LogP contribution in [0.15, 0.2) is 0 Å². The number of rotatable bonds is 0. The molecule has 0 aliphatic carbocycles. The van der Waals surface area contributed by atoms with E-state index in [2.05, 4.69) is 23.1 Å². The van der Waals surface area contributed by atoms with Crippen molar-refractivity contribution in [3.05, 3.63) is 0 Å². The Bertz CT molecular complexity index is 11.6. The van der Waals surface area contributed by atoms with Crippen LogP contribution in [0.4, 0.5) is 0 Å². The molecular weight excluding hydrogens is 112 g/mol. The Morgan fingerprint density at radius 1 is 1.40 bits per heavy atom. The fourth-order valence-corrected chi connectivity index (χ4v) is 0. The maximum Gasteiger partial charge on any atom is 0 e. The van der Waals surface area contributed by atoms with Gasteiger partial charge in [0.1, 0.15) is 0 Å². The number of hydrogen-bond donors (Lipinski definition) is 0. The molecule has 5 heavy (non-hydrogen) atoms. The van der Waals surface area contributed by atoms with Crippen LogP contribution in [0.5, 0.6) is 0 Å². The summed E-state index contributed by atoms with van der Waals surface area (Å²) in [5.41, 5.74) is 0.750. The van der Waals surface area contributed by atoms with Crippen LogP contribution in [0.2, 0.25) is 0 Å². The summed E-state index contributed by atoms with van der Waals surface area (Å²) in [5.74, 6) is 0. The van der Waals surface area contributed by atoms with Gasteiger partial charge in [0.25, 0.3) is 0 Å². The molecule has 0 aromatic rings. The molecule has 0 rings (SSSR count). The smallest absolute Gasteiger partial charge is 0 e. The summed E-state index contributed by atoms with van der Waals surface area (Å²) in [4.78, 5) is 0.